The van der Waals surface area contributed by atoms with Gasteiger partial charge in [-0.1, -0.05) is 0 Å². The molecule has 0 amide bonds. The molecule has 12 heteroatoms. The Morgan fingerprint density at radius 3 is 1.72 bits per heavy atom. The summed E-state index contributed by atoms with van der Waals surface area (Å²) in [5, 5.41) is 73.4. The van der Waals surface area contributed by atoms with Crippen molar-refractivity contribution in [2.24, 2.45) is 0 Å². The van der Waals surface area contributed by atoms with Gasteiger partial charge in [-0.15, -0.1) is 0 Å². The van der Waals surface area contributed by atoms with E-state index in [9.17, 15) is 34.8 Å². The highest BCUT2D eigenvalue weighted by atomic mass is 16.6. The largest absolute Gasteiger partial charge is 0.504 e. The van der Waals surface area contributed by atoms with E-state index in [1.165, 1.54) is 0 Å². The maximum Gasteiger partial charge on any atom is 0.347 e. The van der Waals surface area contributed by atoms with Crippen molar-refractivity contribution in [2.45, 2.75) is 24.4 Å². The maximum absolute atomic E-state index is 11.8. The zero-order chi connectivity index (χ0) is 19.5. The average Bonchev–Trinajstić information content (AvgIpc) is 2.54. The van der Waals surface area contributed by atoms with Crippen molar-refractivity contribution in [2.75, 3.05) is 0 Å². The molecule has 12 nitrogen and oxygen atoms in total. The number of benzene rings is 1. The molecule has 4 unspecified atom stereocenters. The Morgan fingerprint density at radius 2 is 1.32 bits per heavy atom. The molecule has 0 bridgehead atoms. The molecule has 0 radical (unpaired) electrons. The van der Waals surface area contributed by atoms with Crippen molar-refractivity contribution in [1.82, 2.24) is 0 Å². The first kappa shape index (κ1) is 20.0. The Balaban J connectivity index is 3.04. The fourth-order valence-corrected chi connectivity index (χ4v) is 1.68. The first-order valence-corrected chi connectivity index (χ1v) is 6.43. The lowest BCUT2D eigenvalue weighted by atomic mass is 10.0. The second kappa shape index (κ2) is 7.65. The summed E-state index contributed by atoms with van der Waals surface area (Å²) in [4.78, 5) is 33.5. The van der Waals surface area contributed by atoms with E-state index in [1.807, 2.05) is 0 Å². The summed E-state index contributed by atoms with van der Waals surface area (Å²) < 4.78 is 4.40. The van der Waals surface area contributed by atoms with Crippen LogP contribution in [0.1, 0.15) is 10.4 Å². The molecule has 0 aliphatic heterocycles. The SMILES string of the molecule is O=C(OC(C(=O)O)C(O)C(O)C(O)C(=O)O)c1cc(O)c(O)c(O)c1. The number of hydrogen-bond acceptors (Lipinski definition) is 10. The third-order valence-electron chi connectivity index (χ3n) is 3.02. The van der Waals surface area contributed by atoms with Crippen LogP contribution in [0.2, 0.25) is 0 Å². The number of rotatable bonds is 7. The van der Waals surface area contributed by atoms with Crippen LogP contribution in [0.3, 0.4) is 0 Å². The van der Waals surface area contributed by atoms with Crippen molar-refractivity contribution in [3.63, 3.8) is 0 Å². The van der Waals surface area contributed by atoms with E-state index in [0.717, 1.165) is 0 Å². The fraction of sp³-hybridized carbons (Fsp3) is 0.308. The van der Waals surface area contributed by atoms with E-state index in [0.29, 0.717) is 12.1 Å². The number of ether oxygens (including phenoxy) is 1. The quantitative estimate of drug-likeness (QED) is 0.187. The summed E-state index contributed by atoms with van der Waals surface area (Å²) >= 11 is 0. The van der Waals surface area contributed by atoms with Gasteiger partial charge in [-0.05, 0) is 12.1 Å². The molecule has 0 aliphatic rings. The number of phenols is 3. The minimum absolute atomic E-state index is 0.616. The van der Waals surface area contributed by atoms with E-state index < -0.39 is 65.1 Å². The second-order valence-corrected chi connectivity index (χ2v) is 4.79. The first-order chi connectivity index (χ1) is 11.5. The standard InChI is InChI=1S/C13H14O12/c14-4-1-3(2-5(15)6(4)16)13(24)25-10(12(22)23)8(18)7(17)9(19)11(20)21/h1-2,7-10,14-19H,(H,20,21)(H,22,23). The molecule has 8 N–H and O–H groups in total. The van der Waals surface area contributed by atoms with Crippen molar-refractivity contribution < 1.29 is 60.0 Å². The number of aliphatic hydroxyl groups is 3. The summed E-state index contributed by atoms with van der Waals surface area (Å²) in [7, 11) is 0. The Morgan fingerprint density at radius 1 is 0.840 bits per heavy atom. The lowest BCUT2D eigenvalue weighted by Crippen LogP contribution is -2.51. The molecule has 1 aromatic carbocycles. The minimum Gasteiger partial charge on any atom is -0.504 e. The van der Waals surface area contributed by atoms with Gasteiger partial charge in [-0.25, -0.2) is 14.4 Å². The number of hydrogen-bond donors (Lipinski definition) is 8. The third-order valence-corrected chi connectivity index (χ3v) is 3.02. The van der Waals surface area contributed by atoms with Crippen LogP contribution in [-0.2, 0) is 14.3 Å². The second-order valence-electron chi connectivity index (χ2n) is 4.79. The zero-order valence-corrected chi connectivity index (χ0v) is 12.2. The van der Waals surface area contributed by atoms with Gasteiger partial charge in [-0.2, -0.15) is 0 Å². The number of carbonyl (C=O) groups excluding carboxylic acids is 1. The monoisotopic (exact) mass is 362 g/mol. The molecule has 138 valence electrons. The molecule has 25 heavy (non-hydrogen) atoms. The Bertz CT molecular complexity index is 661. The molecule has 0 aromatic heterocycles. The average molecular weight is 362 g/mol. The highest BCUT2D eigenvalue weighted by molar-refractivity contribution is 5.92. The predicted molar refractivity (Wildman–Crippen MR) is 73.9 cm³/mol. The van der Waals surface area contributed by atoms with Gasteiger partial charge in [0.15, 0.2) is 23.4 Å². The Hall–Kier alpha value is -3.09. The summed E-state index contributed by atoms with van der Waals surface area (Å²) in [6.07, 6.45) is -10.1. The van der Waals surface area contributed by atoms with Crippen LogP contribution >= 0.6 is 0 Å². The van der Waals surface area contributed by atoms with E-state index in [-0.39, 0.29) is 0 Å². The molecular formula is C13H14O12. The smallest absolute Gasteiger partial charge is 0.347 e. The summed E-state index contributed by atoms with van der Waals surface area (Å²) in [6.45, 7) is 0. The van der Waals surface area contributed by atoms with Gasteiger partial charge in [0.1, 0.15) is 12.2 Å². The molecule has 0 spiro atoms. The fourth-order valence-electron chi connectivity index (χ4n) is 1.68. The molecule has 0 heterocycles. The van der Waals surface area contributed by atoms with Crippen LogP contribution in [0, 0.1) is 0 Å². The topological polar surface area (TPSA) is 222 Å². The lowest BCUT2D eigenvalue weighted by Gasteiger charge is -2.25. The lowest BCUT2D eigenvalue weighted by molar-refractivity contribution is -0.173. The summed E-state index contributed by atoms with van der Waals surface area (Å²) in [6, 6.07) is 1.23. The van der Waals surface area contributed by atoms with E-state index in [1.54, 1.807) is 0 Å². The number of phenolic OH excluding ortho intramolecular Hbond substituents is 3. The van der Waals surface area contributed by atoms with Crippen molar-refractivity contribution in [3.8, 4) is 17.2 Å². The maximum atomic E-state index is 11.8. The Kier molecular flexibility index (Phi) is 6.11. The number of aliphatic carboxylic acids is 2. The molecule has 0 aliphatic carbocycles. The molecular weight excluding hydrogens is 348 g/mol. The van der Waals surface area contributed by atoms with Crippen molar-refractivity contribution >= 4 is 17.9 Å². The first-order valence-electron chi connectivity index (χ1n) is 6.43. The van der Waals surface area contributed by atoms with Gasteiger partial charge in [0.2, 0.25) is 6.10 Å². The number of carboxylic acids is 2. The van der Waals surface area contributed by atoms with E-state index in [2.05, 4.69) is 4.74 Å². The van der Waals surface area contributed by atoms with Crippen LogP contribution < -0.4 is 0 Å². The van der Waals surface area contributed by atoms with Gasteiger partial charge in [-0.3, -0.25) is 0 Å². The van der Waals surface area contributed by atoms with Crippen LogP contribution in [-0.4, -0.2) is 83.2 Å². The van der Waals surface area contributed by atoms with Crippen molar-refractivity contribution in [3.05, 3.63) is 17.7 Å². The molecule has 4 atom stereocenters. The van der Waals surface area contributed by atoms with Gasteiger partial charge < -0.3 is 45.6 Å². The van der Waals surface area contributed by atoms with E-state index >= 15 is 0 Å². The third kappa shape index (κ3) is 4.47. The number of esters is 1. The van der Waals surface area contributed by atoms with Crippen LogP contribution in [0.4, 0.5) is 0 Å². The van der Waals surface area contributed by atoms with Crippen molar-refractivity contribution in [1.29, 1.82) is 0 Å². The van der Waals surface area contributed by atoms with Crippen LogP contribution in [0.5, 0.6) is 17.2 Å². The molecule has 0 saturated carbocycles. The molecule has 0 saturated heterocycles. The van der Waals surface area contributed by atoms with E-state index in [4.69, 9.17) is 20.4 Å². The normalized spacial score (nSPS) is 15.6. The number of carboxylic acid groups (broad SMARTS) is 2. The minimum atomic E-state index is -2.56. The number of aliphatic hydroxyl groups excluding tert-OH is 3. The van der Waals surface area contributed by atoms with Gasteiger partial charge >= 0.3 is 17.9 Å². The molecule has 1 rings (SSSR count). The molecule has 1 aromatic rings. The van der Waals surface area contributed by atoms with Gasteiger partial charge in [0.05, 0.1) is 5.56 Å². The highest BCUT2D eigenvalue weighted by Crippen LogP contribution is 2.35. The summed E-state index contributed by atoms with van der Waals surface area (Å²) in [5.41, 5.74) is -0.625. The van der Waals surface area contributed by atoms with Gasteiger partial charge in [0, 0.05) is 0 Å². The van der Waals surface area contributed by atoms with Gasteiger partial charge in [0.25, 0.3) is 0 Å². The number of aromatic hydroxyl groups is 3. The Labute approximate surface area is 138 Å². The number of carbonyl (C=O) groups is 3. The molecule has 0 fully saturated rings. The highest BCUT2D eigenvalue weighted by Gasteiger charge is 2.41. The predicted octanol–water partition coefficient (Wildman–Crippen LogP) is -2.42. The van der Waals surface area contributed by atoms with Crippen LogP contribution in [0.25, 0.3) is 0 Å². The zero-order valence-electron chi connectivity index (χ0n) is 12.2. The summed E-state index contributed by atoms with van der Waals surface area (Å²) in [5.74, 6) is -8.26. The van der Waals surface area contributed by atoms with Crippen LogP contribution in [0.15, 0.2) is 12.1 Å².